The quantitative estimate of drug-likeness (QED) is 0.921. The lowest BCUT2D eigenvalue weighted by molar-refractivity contribution is -0.153. The van der Waals surface area contributed by atoms with Crippen LogP contribution in [0.15, 0.2) is 30.3 Å². The molecule has 1 amide bonds. The van der Waals surface area contributed by atoms with E-state index in [1.54, 1.807) is 4.90 Å². The number of likely N-dealkylation sites (tertiary alicyclic amines) is 1. The Morgan fingerprint density at radius 2 is 2.00 bits per heavy atom. The summed E-state index contributed by atoms with van der Waals surface area (Å²) in [4.78, 5) is 14.3. The Hall–Kier alpha value is -1.39. The third-order valence-corrected chi connectivity index (χ3v) is 3.27. The maximum absolute atomic E-state index is 12.7. The minimum atomic E-state index is -0.610. The highest BCUT2D eigenvalue weighted by Crippen LogP contribution is 2.27. The molecule has 2 rings (SSSR count). The maximum atomic E-state index is 12.7. The fourth-order valence-electron chi connectivity index (χ4n) is 2.35. The van der Waals surface area contributed by atoms with Gasteiger partial charge < -0.3 is 14.7 Å². The van der Waals surface area contributed by atoms with E-state index in [1.165, 1.54) is 0 Å². The van der Waals surface area contributed by atoms with Crippen LogP contribution >= 0.6 is 0 Å². The number of aliphatic hydroxyl groups is 1. The average molecular weight is 277 g/mol. The molecule has 0 unspecified atom stereocenters. The van der Waals surface area contributed by atoms with Gasteiger partial charge in [0.25, 0.3) is 5.91 Å². The first kappa shape index (κ1) is 15.0. The van der Waals surface area contributed by atoms with Crippen molar-refractivity contribution >= 4 is 5.91 Å². The number of aliphatic hydroxyl groups excluding tert-OH is 1. The van der Waals surface area contributed by atoms with Gasteiger partial charge in [0.1, 0.15) is 0 Å². The summed E-state index contributed by atoms with van der Waals surface area (Å²) >= 11 is 0. The van der Waals surface area contributed by atoms with Gasteiger partial charge in [-0.2, -0.15) is 0 Å². The summed E-state index contributed by atoms with van der Waals surface area (Å²) < 4.78 is 5.96. The number of amides is 1. The molecule has 0 bridgehead atoms. The average Bonchev–Trinajstić information content (AvgIpc) is 2.82. The molecule has 0 aromatic heterocycles. The molecule has 1 aromatic rings. The number of hydrogen-bond acceptors (Lipinski definition) is 3. The van der Waals surface area contributed by atoms with Crippen LogP contribution < -0.4 is 0 Å². The number of carbonyl (C=O) groups excluding carboxylic acids is 1. The monoisotopic (exact) mass is 277 g/mol. The second kappa shape index (κ2) is 5.94. The summed E-state index contributed by atoms with van der Waals surface area (Å²) in [7, 11) is 0. The lowest BCUT2D eigenvalue weighted by Crippen LogP contribution is -2.38. The maximum Gasteiger partial charge on any atom is 0.256 e. The van der Waals surface area contributed by atoms with E-state index in [0.29, 0.717) is 19.5 Å². The number of hydrogen-bond donors (Lipinski definition) is 1. The molecule has 1 fully saturated rings. The molecule has 0 radical (unpaired) electrons. The Morgan fingerprint density at radius 1 is 1.35 bits per heavy atom. The zero-order chi connectivity index (χ0) is 14.8. The Balaban J connectivity index is 2.20. The predicted octanol–water partition coefficient (Wildman–Crippen LogP) is 2.14. The van der Waals surface area contributed by atoms with E-state index in [1.807, 2.05) is 51.1 Å². The fourth-order valence-corrected chi connectivity index (χ4v) is 2.35. The van der Waals surface area contributed by atoms with E-state index >= 15 is 0 Å². The van der Waals surface area contributed by atoms with Crippen molar-refractivity contribution in [2.75, 3.05) is 13.1 Å². The van der Waals surface area contributed by atoms with E-state index in [-0.39, 0.29) is 5.91 Å². The van der Waals surface area contributed by atoms with E-state index in [9.17, 15) is 9.90 Å². The lowest BCUT2D eigenvalue weighted by atomic mass is 10.1. The number of ether oxygens (including phenoxy) is 1. The van der Waals surface area contributed by atoms with Gasteiger partial charge in [-0.05, 0) is 32.8 Å². The smallest absolute Gasteiger partial charge is 0.256 e. The second-order valence-electron chi connectivity index (χ2n) is 6.25. The summed E-state index contributed by atoms with van der Waals surface area (Å²) in [6, 6.07) is 9.53. The standard InChI is InChI=1S/C16H23NO3/c1-16(2,3)20-14(12-7-5-4-6-8-12)15(19)17-10-9-13(18)11-17/h4-8,13-14,18H,9-11H2,1-3H3/t13-,14+/m0/s1. The molecule has 4 heteroatoms. The van der Waals surface area contributed by atoms with Crippen LogP contribution in [0.2, 0.25) is 0 Å². The van der Waals surface area contributed by atoms with Gasteiger partial charge >= 0.3 is 0 Å². The highest BCUT2D eigenvalue weighted by Gasteiger charge is 2.33. The minimum absolute atomic E-state index is 0.0670. The molecule has 20 heavy (non-hydrogen) atoms. The summed E-state index contributed by atoms with van der Waals surface area (Å²) in [5.74, 6) is -0.0670. The summed E-state index contributed by atoms with van der Waals surface area (Å²) in [5.41, 5.74) is 0.447. The van der Waals surface area contributed by atoms with Crippen molar-refractivity contribution < 1.29 is 14.6 Å². The van der Waals surface area contributed by atoms with Crippen LogP contribution in [0, 0.1) is 0 Å². The van der Waals surface area contributed by atoms with Crippen LogP contribution in [0.4, 0.5) is 0 Å². The predicted molar refractivity (Wildman–Crippen MR) is 77.2 cm³/mol. The third-order valence-electron chi connectivity index (χ3n) is 3.27. The molecule has 1 aliphatic heterocycles. The summed E-state index contributed by atoms with van der Waals surface area (Å²) in [6.45, 7) is 6.81. The van der Waals surface area contributed by atoms with Crippen molar-refractivity contribution in [2.45, 2.75) is 45.0 Å². The van der Waals surface area contributed by atoms with Crippen LogP contribution in [0.25, 0.3) is 0 Å². The molecular formula is C16H23NO3. The Kier molecular flexibility index (Phi) is 4.45. The lowest BCUT2D eigenvalue weighted by Gasteiger charge is -2.30. The molecule has 110 valence electrons. The molecule has 1 aromatic carbocycles. The SMILES string of the molecule is CC(C)(C)O[C@@H](C(=O)N1CC[C@H](O)C1)c1ccccc1. The summed E-state index contributed by atoms with van der Waals surface area (Å²) in [6.07, 6.45) is -0.380. The zero-order valence-corrected chi connectivity index (χ0v) is 12.4. The molecular weight excluding hydrogens is 254 g/mol. The molecule has 0 aliphatic carbocycles. The number of β-amino-alcohol motifs (C(OH)–C–C–N with tert-alkyl or cyclic N) is 1. The minimum Gasteiger partial charge on any atom is -0.391 e. The number of rotatable bonds is 3. The van der Waals surface area contributed by atoms with Gasteiger partial charge in [0.05, 0.1) is 11.7 Å². The summed E-state index contributed by atoms with van der Waals surface area (Å²) in [5, 5.41) is 9.60. The molecule has 1 aliphatic rings. The number of carbonyl (C=O) groups is 1. The van der Waals surface area contributed by atoms with Crippen molar-refractivity contribution in [3.63, 3.8) is 0 Å². The third kappa shape index (κ3) is 3.81. The van der Waals surface area contributed by atoms with Crippen LogP contribution in [-0.4, -0.2) is 40.7 Å². The van der Waals surface area contributed by atoms with Gasteiger partial charge in [-0.25, -0.2) is 0 Å². The van der Waals surface area contributed by atoms with Crippen LogP contribution in [-0.2, 0) is 9.53 Å². The Labute approximate surface area is 120 Å². The Bertz CT molecular complexity index is 453. The first-order chi connectivity index (χ1) is 9.37. The second-order valence-corrected chi connectivity index (χ2v) is 6.25. The molecule has 1 saturated heterocycles. The fraction of sp³-hybridized carbons (Fsp3) is 0.562. The van der Waals surface area contributed by atoms with Crippen LogP contribution in [0.1, 0.15) is 38.9 Å². The molecule has 1 N–H and O–H groups in total. The van der Waals surface area contributed by atoms with Crippen molar-refractivity contribution in [3.8, 4) is 0 Å². The highest BCUT2D eigenvalue weighted by molar-refractivity contribution is 5.82. The van der Waals surface area contributed by atoms with Gasteiger partial charge in [-0.1, -0.05) is 30.3 Å². The van der Waals surface area contributed by atoms with Gasteiger partial charge in [0.15, 0.2) is 6.10 Å². The van der Waals surface area contributed by atoms with E-state index in [2.05, 4.69) is 0 Å². The van der Waals surface area contributed by atoms with Crippen molar-refractivity contribution in [1.29, 1.82) is 0 Å². The van der Waals surface area contributed by atoms with Crippen LogP contribution in [0.3, 0.4) is 0 Å². The molecule has 2 atom stereocenters. The zero-order valence-electron chi connectivity index (χ0n) is 12.4. The number of benzene rings is 1. The molecule has 0 saturated carbocycles. The van der Waals surface area contributed by atoms with Gasteiger partial charge in [-0.3, -0.25) is 4.79 Å². The molecule has 4 nitrogen and oxygen atoms in total. The topological polar surface area (TPSA) is 49.8 Å². The molecule has 0 spiro atoms. The van der Waals surface area contributed by atoms with Gasteiger partial charge in [-0.15, -0.1) is 0 Å². The van der Waals surface area contributed by atoms with Gasteiger partial charge in [0.2, 0.25) is 0 Å². The van der Waals surface area contributed by atoms with Crippen molar-refractivity contribution in [3.05, 3.63) is 35.9 Å². The van der Waals surface area contributed by atoms with Crippen molar-refractivity contribution in [2.24, 2.45) is 0 Å². The molecule has 1 heterocycles. The van der Waals surface area contributed by atoms with Gasteiger partial charge in [0, 0.05) is 13.1 Å². The highest BCUT2D eigenvalue weighted by atomic mass is 16.5. The van der Waals surface area contributed by atoms with Crippen molar-refractivity contribution in [1.82, 2.24) is 4.90 Å². The van der Waals surface area contributed by atoms with E-state index in [0.717, 1.165) is 5.56 Å². The Morgan fingerprint density at radius 3 is 2.50 bits per heavy atom. The first-order valence-corrected chi connectivity index (χ1v) is 7.06. The largest absolute Gasteiger partial charge is 0.391 e. The van der Waals surface area contributed by atoms with E-state index < -0.39 is 17.8 Å². The van der Waals surface area contributed by atoms with Crippen LogP contribution in [0.5, 0.6) is 0 Å². The van der Waals surface area contributed by atoms with E-state index in [4.69, 9.17) is 4.74 Å². The number of nitrogens with zero attached hydrogens (tertiary/aromatic N) is 1. The first-order valence-electron chi connectivity index (χ1n) is 7.06. The normalized spacial score (nSPS) is 21.0.